The van der Waals surface area contributed by atoms with Crippen LogP contribution >= 0.6 is 35.0 Å². The molecule has 0 aliphatic carbocycles. The van der Waals surface area contributed by atoms with Gasteiger partial charge in [0, 0.05) is 36.8 Å². The van der Waals surface area contributed by atoms with Gasteiger partial charge in [0.2, 0.25) is 0 Å². The van der Waals surface area contributed by atoms with Gasteiger partial charge in [-0.15, -0.1) is 0 Å². The first-order chi connectivity index (χ1) is 12.4. The summed E-state index contributed by atoms with van der Waals surface area (Å²) in [5, 5.41) is 2.80. The maximum atomic E-state index is 13.6. The number of nitrogens with zero attached hydrogens (tertiary/aromatic N) is 1. The largest absolute Gasteiger partial charge is 0.322 e. The van der Waals surface area contributed by atoms with Gasteiger partial charge in [0.1, 0.15) is 5.82 Å². The van der Waals surface area contributed by atoms with Crippen LogP contribution in [0.1, 0.15) is 21.5 Å². The fourth-order valence-electron chi connectivity index (χ4n) is 2.87. The van der Waals surface area contributed by atoms with Gasteiger partial charge >= 0.3 is 0 Å². The summed E-state index contributed by atoms with van der Waals surface area (Å²) in [6.45, 7) is 5.05. The minimum Gasteiger partial charge on any atom is -0.322 e. The van der Waals surface area contributed by atoms with Gasteiger partial charge in [0.25, 0.3) is 5.91 Å². The molecular weight excluding hydrogens is 394 g/mol. The standard InChI is InChI=1S/C19H19Cl2FN2OS/c1-12-8-13(11-24-4-6-26-7-5-24)2-3-18(12)23-19(25)14-9-17(22)16(21)10-15(14)20/h2-3,8-10H,4-7,11H2,1H3,(H,23,25). The number of aryl methyl sites for hydroxylation is 1. The zero-order chi connectivity index (χ0) is 18.7. The number of nitrogens with one attached hydrogen (secondary N) is 1. The van der Waals surface area contributed by atoms with E-state index in [1.165, 1.54) is 23.1 Å². The van der Waals surface area contributed by atoms with Gasteiger partial charge in [-0.1, -0.05) is 35.3 Å². The normalized spacial score (nSPS) is 15.1. The predicted molar refractivity (Wildman–Crippen MR) is 108 cm³/mol. The van der Waals surface area contributed by atoms with Crippen LogP contribution in [-0.4, -0.2) is 35.4 Å². The van der Waals surface area contributed by atoms with E-state index in [0.717, 1.165) is 31.3 Å². The molecule has 0 spiro atoms. The van der Waals surface area contributed by atoms with Crippen LogP contribution in [0.25, 0.3) is 0 Å². The van der Waals surface area contributed by atoms with Gasteiger partial charge in [0.05, 0.1) is 15.6 Å². The molecule has 3 rings (SSSR count). The molecule has 1 saturated heterocycles. The van der Waals surface area contributed by atoms with E-state index in [4.69, 9.17) is 23.2 Å². The van der Waals surface area contributed by atoms with E-state index in [2.05, 4.69) is 16.3 Å². The number of carbonyl (C=O) groups is 1. The molecule has 0 aromatic heterocycles. The molecule has 0 bridgehead atoms. The van der Waals surface area contributed by atoms with Crippen molar-refractivity contribution in [3.8, 4) is 0 Å². The Morgan fingerprint density at radius 1 is 1.19 bits per heavy atom. The van der Waals surface area contributed by atoms with Crippen LogP contribution in [0.15, 0.2) is 30.3 Å². The number of anilines is 1. The van der Waals surface area contributed by atoms with Crippen LogP contribution < -0.4 is 5.32 Å². The van der Waals surface area contributed by atoms with Crippen LogP contribution in [0, 0.1) is 12.7 Å². The second-order valence-corrected chi connectivity index (χ2v) is 8.28. The van der Waals surface area contributed by atoms with Crippen LogP contribution in [0.3, 0.4) is 0 Å². The second kappa shape index (κ2) is 8.61. The SMILES string of the molecule is Cc1cc(CN2CCSCC2)ccc1NC(=O)c1cc(F)c(Cl)cc1Cl. The van der Waals surface area contributed by atoms with Crippen molar-refractivity contribution in [3.63, 3.8) is 0 Å². The molecule has 138 valence electrons. The third-order valence-corrected chi connectivity index (χ3v) is 5.85. The number of carbonyl (C=O) groups excluding carboxylic acids is 1. The molecule has 2 aromatic rings. The molecule has 0 unspecified atom stereocenters. The van der Waals surface area contributed by atoms with Gasteiger partial charge in [-0.05, 0) is 36.2 Å². The van der Waals surface area contributed by atoms with Gasteiger partial charge in [-0.2, -0.15) is 11.8 Å². The van der Waals surface area contributed by atoms with Gasteiger partial charge in [0.15, 0.2) is 0 Å². The van der Waals surface area contributed by atoms with Crippen molar-refractivity contribution >= 4 is 46.6 Å². The van der Waals surface area contributed by atoms with Crippen molar-refractivity contribution in [2.24, 2.45) is 0 Å². The summed E-state index contributed by atoms with van der Waals surface area (Å²) in [7, 11) is 0. The lowest BCUT2D eigenvalue weighted by Crippen LogP contribution is -2.31. The molecule has 1 amide bonds. The summed E-state index contributed by atoms with van der Waals surface area (Å²) in [4.78, 5) is 14.9. The highest BCUT2D eigenvalue weighted by Gasteiger charge is 2.16. The summed E-state index contributed by atoms with van der Waals surface area (Å²) in [5.74, 6) is 1.21. The Morgan fingerprint density at radius 3 is 2.62 bits per heavy atom. The van der Waals surface area contributed by atoms with Crippen LogP contribution in [-0.2, 0) is 6.54 Å². The van der Waals surface area contributed by atoms with Crippen molar-refractivity contribution in [2.75, 3.05) is 29.9 Å². The number of hydrogen-bond acceptors (Lipinski definition) is 3. The monoisotopic (exact) mass is 412 g/mol. The van der Waals surface area contributed by atoms with E-state index >= 15 is 0 Å². The first-order valence-electron chi connectivity index (χ1n) is 8.29. The minimum absolute atomic E-state index is 0.0582. The fourth-order valence-corrected chi connectivity index (χ4v) is 4.32. The zero-order valence-corrected chi connectivity index (χ0v) is 16.6. The van der Waals surface area contributed by atoms with Gasteiger partial charge in [-0.25, -0.2) is 4.39 Å². The number of thioether (sulfide) groups is 1. The molecule has 7 heteroatoms. The minimum atomic E-state index is -0.673. The van der Waals surface area contributed by atoms with Crippen molar-refractivity contribution in [2.45, 2.75) is 13.5 Å². The maximum Gasteiger partial charge on any atom is 0.257 e. The van der Waals surface area contributed by atoms with Crippen LogP contribution in [0.4, 0.5) is 10.1 Å². The van der Waals surface area contributed by atoms with Crippen molar-refractivity contribution < 1.29 is 9.18 Å². The average molecular weight is 413 g/mol. The molecule has 1 heterocycles. The number of halogens is 3. The average Bonchev–Trinajstić information content (AvgIpc) is 2.61. The van der Waals surface area contributed by atoms with Crippen molar-refractivity contribution in [1.82, 2.24) is 4.90 Å². The second-order valence-electron chi connectivity index (χ2n) is 6.24. The quantitative estimate of drug-likeness (QED) is 0.696. The van der Waals surface area contributed by atoms with E-state index in [1.54, 1.807) is 0 Å². The molecule has 26 heavy (non-hydrogen) atoms. The highest BCUT2D eigenvalue weighted by Crippen LogP contribution is 2.26. The smallest absolute Gasteiger partial charge is 0.257 e. The molecule has 1 aliphatic rings. The zero-order valence-electron chi connectivity index (χ0n) is 14.3. The highest BCUT2D eigenvalue weighted by molar-refractivity contribution is 7.99. The van der Waals surface area contributed by atoms with E-state index < -0.39 is 11.7 Å². The summed E-state index contributed by atoms with van der Waals surface area (Å²) in [6, 6.07) is 8.25. The highest BCUT2D eigenvalue weighted by atomic mass is 35.5. The summed E-state index contributed by atoms with van der Waals surface area (Å²) < 4.78 is 13.6. The van der Waals surface area contributed by atoms with E-state index in [-0.39, 0.29) is 15.6 Å². The topological polar surface area (TPSA) is 32.3 Å². The van der Waals surface area contributed by atoms with Crippen LogP contribution in [0.5, 0.6) is 0 Å². The fraction of sp³-hybridized carbons (Fsp3) is 0.316. The molecule has 0 radical (unpaired) electrons. The van der Waals surface area contributed by atoms with E-state index in [9.17, 15) is 9.18 Å². The van der Waals surface area contributed by atoms with Gasteiger partial charge in [-0.3, -0.25) is 9.69 Å². The molecule has 1 N–H and O–H groups in total. The van der Waals surface area contributed by atoms with E-state index in [1.807, 2.05) is 30.8 Å². The first-order valence-corrected chi connectivity index (χ1v) is 10.2. The molecule has 1 fully saturated rings. The lowest BCUT2D eigenvalue weighted by Gasteiger charge is -2.26. The van der Waals surface area contributed by atoms with Crippen molar-refractivity contribution in [1.29, 1.82) is 0 Å². The Hall–Kier alpha value is -1.27. The summed E-state index contributed by atoms with van der Waals surface area (Å²) in [6.07, 6.45) is 0. The van der Waals surface area contributed by atoms with Crippen LogP contribution in [0.2, 0.25) is 10.0 Å². The number of amides is 1. The Kier molecular flexibility index (Phi) is 6.46. The lowest BCUT2D eigenvalue weighted by atomic mass is 10.1. The Morgan fingerprint density at radius 2 is 1.92 bits per heavy atom. The molecule has 2 aromatic carbocycles. The maximum absolute atomic E-state index is 13.6. The number of rotatable bonds is 4. The Balaban J connectivity index is 1.71. The Labute approximate surface area is 166 Å². The van der Waals surface area contributed by atoms with Crippen molar-refractivity contribution in [3.05, 3.63) is 62.9 Å². The first kappa shape index (κ1) is 19.5. The third kappa shape index (κ3) is 4.71. The molecule has 3 nitrogen and oxygen atoms in total. The van der Waals surface area contributed by atoms with Gasteiger partial charge < -0.3 is 5.32 Å². The van der Waals surface area contributed by atoms with E-state index in [0.29, 0.717) is 5.69 Å². The molecule has 1 aliphatic heterocycles. The lowest BCUT2D eigenvalue weighted by molar-refractivity contribution is 0.102. The summed E-state index contributed by atoms with van der Waals surface area (Å²) in [5.41, 5.74) is 2.90. The number of hydrogen-bond donors (Lipinski definition) is 1. The predicted octanol–water partition coefficient (Wildman–Crippen LogP) is 5.24. The molecule has 0 saturated carbocycles. The summed E-state index contributed by atoms with van der Waals surface area (Å²) >= 11 is 13.7. The molecule has 0 atom stereocenters. The molecular formula is C19H19Cl2FN2OS. The number of benzene rings is 2. The third-order valence-electron chi connectivity index (χ3n) is 4.30. The Bertz CT molecular complexity index is 825.